The van der Waals surface area contributed by atoms with Crippen molar-refractivity contribution in [1.29, 1.82) is 0 Å². The fourth-order valence-electron chi connectivity index (χ4n) is 4.56. The summed E-state index contributed by atoms with van der Waals surface area (Å²) in [5.74, 6) is -0.758. The standard InChI is InChI=1S/C26H24N4O6S/c1-17-21(14-23-25(32)29(26(33)37-23)16-24(31)27-10-12-36-13-11-27)20-4-2-3-5-22(20)28(17)15-18-6-8-19(9-7-18)30(34)35/h2-9,14H,10-13,15-16H2,1H3/b23-14+. The molecule has 3 heterocycles. The number of nitro groups is 1. The highest BCUT2D eigenvalue weighted by atomic mass is 32.2. The van der Waals surface area contributed by atoms with Gasteiger partial charge in [0.2, 0.25) is 5.91 Å². The first kappa shape index (κ1) is 24.7. The van der Waals surface area contributed by atoms with Crippen molar-refractivity contribution in [3.05, 3.63) is 80.4 Å². The van der Waals surface area contributed by atoms with Gasteiger partial charge < -0.3 is 14.2 Å². The molecule has 0 N–H and O–H groups in total. The van der Waals surface area contributed by atoms with Crippen molar-refractivity contribution in [2.45, 2.75) is 13.5 Å². The van der Waals surface area contributed by atoms with E-state index in [9.17, 15) is 24.5 Å². The molecule has 2 aromatic carbocycles. The summed E-state index contributed by atoms with van der Waals surface area (Å²) in [6.45, 7) is 3.89. The van der Waals surface area contributed by atoms with Gasteiger partial charge in [-0.2, -0.15) is 0 Å². The molecule has 190 valence electrons. The summed E-state index contributed by atoms with van der Waals surface area (Å²) in [6, 6.07) is 14.2. The molecule has 3 amide bonds. The normalized spacial score (nSPS) is 17.3. The minimum atomic E-state index is -0.483. The molecule has 0 radical (unpaired) electrons. The van der Waals surface area contributed by atoms with Gasteiger partial charge in [0.25, 0.3) is 16.8 Å². The fraction of sp³-hybridized carbons (Fsp3) is 0.269. The molecule has 0 unspecified atom stereocenters. The molecular formula is C26H24N4O6S. The van der Waals surface area contributed by atoms with Crippen molar-refractivity contribution in [2.75, 3.05) is 32.8 Å². The maximum absolute atomic E-state index is 13.1. The van der Waals surface area contributed by atoms with E-state index in [1.54, 1.807) is 23.1 Å². The molecule has 0 bridgehead atoms. The summed E-state index contributed by atoms with van der Waals surface area (Å²) in [4.78, 5) is 51.8. The molecule has 2 fully saturated rings. The topological polar surface area (TPSA) is 115 Å². The molecule has 0 atom stereocenters. The second-order valence-electron chi connectivity index (χ2n) is 8.79. The van der Waals surface area contributed by atoms with Gasteiger partial charge in [0.05, 0.1) is 23.0 Å². The largest absolute Gasteiger partial charge is 0.378 e. The average molecular weight is 521 g/mol. The molecule has 2 saturated heterocycles. The van der Waals surface area contributed by atoms with Crippen molar-refractivity contribution in [3.63, 3.8) is 0 Å². The highest BCUT2D eigenvalue weighted by Gasteiger charge is 2.37. The van der Waals surface area contributed by atoms with Gasteiger partial charge >= 0.3 is 0 Å². The molecule has 37 heavy (non-hydrogen) atoms. The quantitative estimate of drug-likeness (QED) is 0.276. The molecule has 2 aliphatic heterocycles. The Morgan fingerprint density at radius 3 is 2.51 bits per heavy atom. The lowest BCUT2D eigenvalue weighted by Gasteiger charge is -2.28. The number of para-hydroxylation sites is 1. The van der Waals surface area contributed by atoms with Gasteiger partial charge in [-0.1, -0.05) is 30.3 Å². The number of aromatic nitrogens is 1. The number of ether oxygens (including phenoxy) is 1. The number of rotatable bonds is 6. The number of non-ortho nitro benzene ring substituents is 1. The number of morpholine rings is 1. The maximum atomic E-state index is 13.1. The number of fused-ring (bicyclic) bond motifs is 1. The Hall–Kier alpha value is -3.96. The lowest BCUT2D eigenvalue weighted by atomic mass is 10.1. The Balaban J connectivity index is 1.43. The van der Waals surface area contributed by atoms with Crippen LogP contribution in [-0.4, -0.2) is 69.2 Å². The first-order valence-electron chi connectivity index (χ1n) is 11.8. The van der Waals surface area contributed by atoms with E-state index in [2.05, 4.69) is 4.57 Å². The van der Waals surface area contributed by atoms with Gasteiger partial charge in [0.1, 0.15) is 6.54 Å². The second kappa shape index (κ2) is 10.2. The van der Waals surface area contributed by atoms with Gasteiger partial charge in [-0.3, -0.25) is 29.4 Å². The van der Waals surface area contributed by atoms with Crippen LogP contribution in [0.25, 0.3) is 17.0 Å². The predicted molar refractivity (Wildman–Crippen MR) is 139 cm³/mol. The first-order chi connectivity index (χ1) is 17.8. The third kappa shape index (κ3) is 4.87. The lowest BCUT2D eigenvalue weighted by molar-refractivity contribution is -0.384. The summed E-state index contributed by atoms with van der Waals surface area (Å²) >= 11 is 0.830. The monoisotopic (exact) mass is 520 g/mol. The minimum absolute atomic E-state index is 0.0290. The molecule has 3 aromatic rings. The van der Waals surface area contributed by atoms with Crippen molar-refractivity contribution in [1.82, 2.24) is 14.4 Å². The Morgan fingerprint density at radius 1 is 1.11 bits per heavy atom. The van der Waals surface area contributed by atoms with Crippen LogP contribution in [0.2, 0.25) is 0 Å². The lowest BCUT2D eigenvalue weighted by Crippen LogP contribution is -2.46. The number of nitrogens with zero attached hydrogens (tertiary/aromatic N) is 4. The van der Waals surface area contributed by atoms with Crippen LogP contribution < -0.4 is 0 Å². The van der Waals surface area contributed by atoms with Crippen molar-refractivity contribution in [3.8, 4) is 0 Å². The van der Waals surface area contributed by atoms with E-state index in [1.165, 1.54) is 12.1 Å². The van der Waals surface area contributed by atoms with E-state index in [1.807, 2.05) is 31.2 Å². The van der Waals surface area contributed by atoms with Crippen LogP contribution in [0.5, 0.6) is 0 Å². The fourth-order valence-corrected chi connectivity index (χ4v) is 5.38. The van der Waals surface area contributed by atoms with Crippen LogP contribution >= 0.6 is 11.8 Å². The molecular weight excluding hydrogens is 496 g/mol. The second-order valence-corrected chi connectivity index (χ2v) is 9.78. The van der Waals surface area contributed by atoms with Gasteiger partial charge in [0.15, 0.2) is 0 Å². The average Bonchev–Trinajstić information content (AvgIpc) is 3.32. The van der Waals surface area contributed by atoms with Crippen molar-refractivity contribution >= 4 is 51.5 Å². The van der Waals surface area contributed by atoms with E-state index < -0.39 is 16.1 Å². The van der Waals surface area contributed by atoms with E-state index in [-0.39, 0.29) is 23.0 Å². The molecule has 0 spiro atoms. The zero-order chi connectivity index (χ0) is 26.1. The predicted octanol–water partition coefficient (Wildman–Crippen LogP) is 3.80. The van der Waals surface area contributed by atoms with Gasteiger partial charge in [-0.15, -0.1) is 0 Å². The number of carbonyl (C=O) groups is 3. The molecule has 0 aliphatic carbocycles. The van der Waals surface area contributed by atoms with Crippen LogP contribution in [-0.2, 0) is 20.9 Å². The minimum Gasteiger partial charge on any atom is -0.378 e. The molecule has 5 rings (SSSR count). The highest BCUT2D eigenvalue weighted by Crippen LogP contribution is 2.36. The third-order valence-corrected chi connectivity index (χ3v) is 7.48. The van der Waals surface area contributed by atoms with Crippen LogP contribution in [0.15, 0.2) is 53.4 Å². The smallest absolute Gasteiger partial charge is 0.294 e. The number of amides is 3. The molecule has 2 aliphatic rings. The Labute approximate surface area is 216 Å². The number of thioether (sulfide) groups is 1. The highest BCUT2D eigenvalue weighted by molar-refractivity contribution is 8.18. The molecule has 0 saturated carbocycles. The Bertz CT molecular complexity index is 1440. The van der Waals surface area contributed by atoms with Gasteiger partial charge in [-0.25, -0.2) is 0 Å². The molecule has 11 heteroatoms. The zero-order valence-electron chi connectivity index (χ0n) is 20.1. The first-order valence-corrected chi connectivity index (χ1v) is 12.6. The van der Waals surface area contributed by atoms with E-state index in [4.69, 9.17) is 4.74 Å². The number of imide groups is 1. The van der Waals surface area contributed by atoms with Crippen LogP contribution in [0, 0.1) is 17.0 Å². The number of nitro benzene ring substituents is 1. The summed E-state index contributed by atoms with van der Waals surface area (Å²) in [5.41, 5.74) is 3.55. The third-order valence-electron chi connectivity index (χ3n) is 6.57. The van der Waals surface area contributed by atoms with Crippen LogP contribution in [0.3, 0.4) is 0 Å². The molecule has 1 aromatic heterocycles. The van der Waals surface area contributed by atoms with Gasteiger partial charge in [0, 0.05) is 53.9 Å². The Morgan fingerprint density at radius 2 is 1.81 bits per heavy atom. The summed E-state index contributed by atoms with van der Waals surface area (Å²) in [7, 11) is 0. The Kier molecular flexibility index (Phi) is 6.81. The number of benzene rings is 2. The summed E-state index contributed by atoms with van der Waals surface area (Å²) in [6.07, 6.45) is 1.72. The number of hydrogen-bond donors (Lipinski definition) is 0. The summed E-state index contributed by atoms with van der Waals surface area (Å²) < 4.78 is 7.34. The van der Waals surface area contributed by atoms with Crippen molar-refractivity contribution in [2.24, 2.45) is 0 Å². The van der Waals surface area contributed by atoms with Crippen molar-refractivity contribution < 1.29 is 24.0 Å². The van der Waals surface area contributed by atoms with Crippen LogP contribution in [0.4, 0.5) is 10.5 Å². The van der Waals surface area contributed by atoms with E-state index in [0.29, 0.717) is 32.8 Å². The maximum Gasteiger partial charge on any atom is 0.294 e. The van der Waals surface area contributed by atoms with E-state index >= 15 is 0 Å². The SMILES string of the molecule is Cc1c(/C=C2/SC(=O)N(CC(=O)N3CCOCC3)C2=O)c2ccccc2n1Cc1ccc([N+](=O)[O-])cc1. The zero-order valence-corrected chi connectivity index (χ0v) is 20.9. The van der Waals surface area contributed by atoms with Crippen LogP contribution in [0.1, 0.15) is 16.8 Å². The summed E-state index contributed by atoms with van der Waals surface area (Å²) in [5, 5.41) is 11.4. The number of hydrogen-bond acceptors (Lipinski definition) is 7. The number of carbonyl (C=O) groups excluding carboxylic acids is 3. The molecule has 10 nitrogen and oxygen atoms in total. The van der Waals surface area contributed by atoms with Gasteiger partial charge in [-0.05, 0) is 36.4 Å². The van der Waals surface area contributed by atoms with E-state index in [0.717, 1.165) is 44.4 Å².